The highest BCUT2D eigenvalue weighted by molar-refractivity contribution is 6.32. The molecule has 0 radical (unpaired) electrons. The van der Waals surface area contributed by atoms with Gasteiger partial charge in [-0.25, -0.2) is 0 Å². The van der Waals surface area contributed by atoms with Crippen molar-refractivity contribution in [1.82, 2.24) is 20.6 Å². The Morgan fingerprint density at radius 3 is 1.73 bits per heavy atom. The summed E-state index contributed by atoms with van der Waals surface area (Å²) in [6.07, 6.45) is 0. The first-order valence-corrected chi connectivity index (χ1v) is 17.1. The van der Waals surface area contributed by atoms with E-state index in [9.17, 15) is 9.90 Å². The number of halogens is 2. The minimum atomic E-state index is -1.14. The fourth-order valence-electron chi connectivity index (χ4n) is 5.83. The van der Waals surface area contributed by atoms with Crippen molar-refractivity contribution < 1.29 is 38.3 Å². The molecule has 4 heterocycles. The maximum atomic E-state index is 11.7. The van der Waals surface area contributed by atoms with E-state index in [1.165, 1.54) is 7.11 Å². The lowest BCUT2D eigenvalue weighted by Crippen LogP contribution is -2.65. The van der Waals surface area contributed by atoms with Gasteiger partial charge in [-0.1, -0.05) is 59.6 Å². The van der Waals surface area contributed by atoms with E-state index in [-0.39, 0.29) is 49.8 Å². The number of rotatable bonds is 16. The quantitative estimate of drug-likeness (QED) is 0.130. The number of carbonyl (C=O) groups is 1. The number of carboxylic acids is 1. The SMILES string of the molecule is COc1nc(OCc2cccc(-c3cccc(COc4nc(OC)c(CNC5(C(=O)O)COC5)cc4Cl)c3C)c2C)c(Cl)cc1CNC1COC1. The molecule has 270 valence electrons. The summed E-state index contributed by atoms with van der Waals surface area (Å²) in [7, 11) is 3.06. The lowest BCUT2D eigenvalue weighted by molar-refractivity contribution is -0.166. The summed E-state index contributed by atoms with van der Waals surface area (Å²) in [6.45, 7) is 6.85. The van der Waals surface area contributed by atoms with E-state index in [0.717, 1.165) is 38.9 Å². The van der Waals surface area contributed by atoms with Crippen LogP contribution >= 0.6 is 23.2 Å². The average Bonchev–Trinajstić information content (AvgIpc) is 3.07. The number of carboxylic acid groups (broad SMARTS) is 1. The van der Waals surface area contributed by atoms with Gasteiger partial charge in [-0.3, -0.25) is 10.1 Å². The molecule has 4 aromatic rings. The lowest BCUT2D eigenvalue weighted by Gasteiger charge is -2.38. The number of ether oxygens (including phenoxy) is 6. The number of benzene rings is 2. The number of nitrogens with one attached hydrogen (secondary N) is 2. The van der Waals surface area contributed by atoms with Gasteiger partial charge in [0.1, 0.15) is 23.3 Å². The van der Waals surface area contributed by atoms with Crippen LogP contribution < -0.4 is 29.6 Å². The molecule has 0 atom stereocenters. The van der Waals surface area contributed by atoms with Gasteiger partial charge in [0.15, 0.2) is 5.54 Å². The monoisotopic (exact) mass is 738 g/mol. The number of aliphatic carboxylic acids is 1. The van der Waals surface area contributed by atoms with Crippen LogP contribution in [0.25, 0.3) is 11.1 Å². The molecule has 2 aromatic heterocycles. The molecular formula is C37H40Cl2N4O8. The van der Waals surface area contributed by atoms with Gasteiger partial charge < -0.3 is 38.8 Å². The molecule has 2 saturated heterocycles. The Morgan fingerprint density at radius 2 is 1.31 bits per heavy atom. The van der Waals surface area contributed by atoms with Gasteiger partial charge in [-0.15, -0.1) is 0 Å². The smallest absolute Gasteiger partial charge is 0.328 e. The van der Waals surface area contributed by atoms with Crippen LogP contribution in [0, 0.1) is 13.8 Å². The second-order valence-corrected chi connectivity index (χ2v) is 13.3. The summed E-state index contributed by atoms with van der Waals surface area (Å²) >= 11 is 13.2. The number of hydrogen-bond donors (Lipinski definition) is 3. The first kappa shape index (κ1) is 36.6. The molecule has 0 saturated carbocycles. The van der Waals surface area contributed by atoms with Gasteiger partial charge in [-0.2, -0.15) is 9.97 Å². The molecule has 0 spiro atoms. The predicted molar refractivity (Wildman–Crippen MR) is 191 cm³/mol. The van der Waals surface area contributed by atoms with Crippen molar-refractivity contribution >= 4 is 29.2 Å². The topological polar surface area (TPSA) is 143 Å². The highest BCUT2D eigenvalue weighted by Gasteiger charge is 2.46. The third kappa shape index (κ3) is 8.01. The van der Waals surface area contributed by atoms with Gasteiger partial charge in [0, 0.05) is 24.2 Å². The molecule has 0 amide bonds. The molecule has 0 unspecified atom stereocenters. The van der Waals surface area contributed by atoms with Crippen molar-refractivity contribution in [3.8, 4) is 34.6 Å². The third-order valence-corrected chi connectivity index (χ3v) is 9.75. The number of pyridine rings is 2. The van der Waals surface area contributed by atoms with Gasteiger partial charge >= 0.3 is 5.97 Å². The highest BCUT2D eigenvalue weighted by Crippen LogP contribution is 2.35. The third-order valence-electron chi connectivity index (χ3n) is 9.21. The molecule has 6 rings (SSSR count). The number of aromatic nitrogens is 2. The fraction of sp³-hybridized carbons (Fsp3) is 0.378. The van der Waals surface area contributed by atoms with Crippen LogP contribution in [-0.4, -0.2) is 73.3 Å². The normalized spacial score (nSPS) is 15.1. The average molecular weight is 740 g/mol. The van der Waals surface area contributed by atoms with Crippen molar-refractivity contribution in [2.24, 2.45) is 0 Å². The molecule has 2 aliphatic heterocycles. The van der Waals surface area contributed by atoms with Crippen LogP contribution in [0.15, 0.2) is 48.5 Å². The van der Waals surface area contributed by atoms with E-state index in [1.807, 2.05) is 37.3 Å². The highest BCUT2D eigenvalue weighted by atomic mass is 35.5. The van der Waals surface area contributed by atoms with Crippen molar-refractivity contribution in [3.05, 3.63) is 92.0 Å². The first-order chi connectivity index (χ1) is 24.6. The standard InChI is InChI=1S/C37H40Cl2N4O8/c1-21-23(15-50-34-30(38)11-25(32(42-34)46-3)13-40-27-17-48-18-27)7-5-9-28(21)29-10-6-8-24(22(29)2)16-51-35-31(39)12-26(33(43-35)47-4)14-41-37(36(44)45)19-49-20-37/h5-12,27,40-41H,13-20H2,1-4H3,(H,44,45). The Bertz CT molecular complexity index is 1900. The van der Waals surface area contributed by atoms with E-state index in [0.29, 0.717) is 48.1 Å². The molecule has 51 heavy (non-hydrogen) atoms. The fourth-order valence-corrected chi connectivity index (χ4v) is 6.29. The van der Waals surface area contributed by atoms with E-state index >= 15 is 0 Å². The van der Waals surface area contributed by atoms with E-state index < -0.39 is 11.5 Å². The molecule has 0 bridgehead atoms. The predicted octanol–water partition coefficient (Wildman–Crippen LogP) is 5.67. The van der Waals surface area contributed by atoms with Crippen LogP contribution in [-0.2, 0) is 40.6 Å². The molecular weight excluding hydrogens is 699 g/mol. The van der Waals surface area contributed by atoms with Gasteiger partial charge in [0.25, 0.3) is 0 Å². The van der Waals surface area contributed by atoms with Crippen molar-refractivity contribution in [1.29, 1.82) is 0 Å². The summed E-state index contributed by atoms with van der Waals surface area (Å²) in [4.78, 5) is 20.7. The molecule has 12 nitrogen and oxygen atoms in total. The van der Waals surface area contributed by atoms with Crippen LogP contribution in [0.2, 0.25) is 10.0 Å². The molecule has 3 N–H and O–H groups in total. The Kier molecular flexibility index (Phi) is 11.5. The van der Waals surface area contributed by atoms with Gasteiger partial charge in [0.05, 0.1) is 46.7 Å². The Labute approximate surface area is 306 Å². The summed E-state index contributed by atoms with van der Waals surface area (Å²) < 4.78 is 33.6. The first-order valence-electron chi connectivity index (χ1n) is 16.4. The largest absolute Gasteiger partial charge is 0.481 e. The molecule has 2 aromatic carbocycles. The van der Waals surface area contributed by atoms with Crippen molar-refractivity contribution in [2.45, 2.75) is 51.7 Å². The van der Waals surface area contributed by atoms with E-state index in [2.05, 4.69) is 39.7 Å². The Morgan fingerprint density at radius 1 is 0.804 bits per heavy atom. The Hall–Kier alpha value is -4.17. The number of methoxy groups -OCH3 is 2. The molecule has 14 heteroatoms. The second kappa shape index (κ2) is 16.0. The zero-order valence-electron chi connectivity index (χ0n) is 28.8. The van der Waals surface area contributed by atoms with Gasteiger partial charge in [0.2, 0.25) is 23.5 Å². The minimum absolute atomic E-state index is 0.0785. The van der Waals surface area contributed by atoms with Crippen LogP contribution in [0.1, 0.15) is 33.4 Å². The summed E-state index contributed by atoms with van der Waals surface area (Å²) in [6, 6.07) is 16.0. The zero-order chi connectivity index (χ0) is 36.1. The molecule has 2 fully saturated rings. The Balaban J connectivity index is 1.14. The van der Waals surface area contributed by atoms with Crippen LogP contribution in [0.3, 0.4) is 0 Å². The van der Waals surface area contributed by atoms with Gasteiger partial charge in [-0.05, 0) is 59.4 Å². The molecule has 2 aliphatic rings. The van der Waals surface area contributed by atoms with Crippen molar-refractivity contribution in [3.63, 3.8) is 0 Å². The van der Waals surface area contributed by atoms with E-state index in [4.69, 9.17) is 51.6 Å². The summed E-state index contributed by atoms with van der Waals surface area (Å²) in [5.41, 5.74) is 6.43. The second-order valence-electron chi connectivity index (χ2n) is 12.5. The number of hydrogen-bond acceptors (Lipinski definition) is 11. The molecule has 0 aliphatic carbocycles. The zero-order valence-corrected chi connectivity index (χ0v) is 30.3. The van der Waals surface area contributed by atoms with Crippen LogP contribution in [0.4, 0.5) is 0 Å². The van der Waals surface area contributed by atoms with Crippen molar-refractivity contribution in [2.75, 3.05) is 40.6 Å². The van der Waals surface area contributed by atoms with E-state index in [1.54, 1.807) is 13.2 Å². The minimum Gasteiger partial charge on any atom is -0.481 e. The number of nitrogens with zero attached hydrogens (tertiary/aromatic N) is 2. The van der Waals surface area contributed by atoms with Crippen LogP contribution in [0.5, 0.6) is 23.5 Å². The lowest BCUT2D eigenvalue weighted by atomic mass is 9.92. The maximum Gasteiger partial charge on any atom is 0.328 e. The summed E-state index contributed by atoms with van der Waals surface area (Å²) in [5, 5.41) is 16.7. The maximum absolute atomic E-state index is 11.7. The summed E-state index contributed by atoms with van der Waals surface area (Å²) in [5.74, 6) is 0.268.